The molecule has 0 aromatic heterocycles. The molecule has 0 heterocycles. The van der Waals surface area contributed by atoms with Crippen LogP contribution in [0.2, 0.25) is 0 Å². The van der Waals surface area contributed by atoms with E-state index in [0.29, 0.717) is 0 Å². The third kappa shape index (κ3) is 8.04. The summed E-state index contributed by atoms with van der Waals surface area (Å²) >= 11 is 0. The summed E-state index contributed by atoms with van der Waals surface area (Å²) in [5.74, 6) is -0.437. The van der Waals surface area contributed by atoms with Crippen LogP contribution in [0.4, 0.5) is 5.69 Å². The van der Waals surface area contributed by atoms with Gasteiger partial charge in [0.15, 0.2) is 11.5 Å². The molecule has 0 aliphatic heterocycles. The van der Waals surface area contributed by atoms with Crippen LogP contribution in [0.1, 0.15) is 0 Å². The SMILES string of the molecule is Nc1cccc(O)c1O.O=P(O)(O)OP(=O)(O)O. The zero-order valence-electron chi connectivity index (χ0n) is 8.61. The van der Waals surface area contributed by atoms with E-state index in [4.69, 9.17) is 35.5 Å². The Morgan fingerprint density at radius 2 is 1.44 bits per heavy atom. The molecule has 0 aliphatic carbocycles. The summed E-state index contributed by atoms with van der Waals surface area (Å²) in [7, 11) is -10.1. The predicted molar refractivity (Wildman–Crippen MR) is 59.4 cm³/mol. The fourth-order valence-corrected chi connectivity index (χ4v) is 1.80. The minimum Gasteiger partial charge on any atom is -0.504 e. The lowest BCUT2D eigenvalue weighted by atomic mass is 10.3. The summed E-state index contributed by atoms with van der Waals surface area (Å²) in [5.41, 5.74) is 5.40. The Kier molecular flexibility index (Phi) is 5.78. The van der Waals surface area contributed by atoms with E-state index in [1.54, 1.807) is 6.07 Å². The Bertz CT molecular complexity index is 452. The summed E-state index contributed by atoms with van der Waals surface area (Å²) in [6, 6.07) is 4.44. The topological polar surface area (TPSA) is 191 Å². The number of hydrogen-bond donors (Lipinski definition) is 7. The second-order valence-electron chi connectivity index (χ2n) is 2.78. The second-order valence-corrected chi connectivity index (χ2v) is 5.39. The molecule has 12 heteroatoms. The molecular formula is C6H11NO9P2. The van der Waals surface area contributed by atoms with E-state index in [1.165, 1.54) is 12.1 Å². The lowest BCUT2D eigenvalue weighted by molar-refractivity contribution is 0.225. The van der Waals surface area contributed by atoms with Gasteiger partial charge >= 0.3 is 15.6 Å². The van der Waals surface area contributed by atoms with Crippen LogP contribution < -0.4 is 5.73 Å². The number of phosphoric acid groups is 2. The first kappa shape index (κ1) is 16.9. The van der Waals surface area contributed by atoms with Gasteiger partial charge in [-0.15, -0.1) is 0 Å². The third-order valence-corrected chi connectivity index (χ3v) is 2.96. The summed E-state index contributed by atoms with van der Waals surface area (Å²) in [6.07, 6.45) is 0. The number of benzene rings is 1. The number of rotatable bonds is 2. The van der Waals surface area contributed by atoms with Crippen molar-refractivity contribution in [3.8, 4) is 11.5 Å². The van der Waals surface area contributed by atoms with Crippen LogP contribution in [0.25, 0.3) is 0 Å². The van der Waals surface area contributed by atoms with Crippen molar-refractivity contribution >= 4 is 21.3 Å². The van der Waals surface area contributed by atoms with Gasteiger partial charge < -0.3 is 35.5 Å². The second kappa shape index (κ2) is 6.17. The highest BCUT2D eigenvalue weighted by Crippen LogP contribution is 2.53. The summed E-state index contributed by atoms with van der Waals surface area (Å²) < 4.78 is 22.2. The molecule has 1 aromatic rings. The van der Waals surface area contributed by atoms with Gasteiger partial charge in [0, 0.05) is 0 Å². The molecule has 0 saturated heterocycles. The number of nitrogen functional groups attached to an aromatic ring is 1. The molecule has 0 aliphatic rings. The molecule has 1 aromatic carbocycles. The zero-order chi connectivity index (χ0) is 14.6. The molecule has 0 saturated carbocycles. The first-order valence-electron chi connectivity index (χ1n) is 4.01. The molecule has 8 N–H and O–H groups in total. The summed E-state index contributed by atoms with van der Waals surface area (Å²) in [4.78, 5) is 31.0. The van der Waals surface area contributed by atoms with Crippen molar-refractivity contribution in [1.82, 2.24) is 0 Å². The smallest absolute Gasteiger partial charge is 0.478 e. The fourth-order valence-electron chi connectivity index (χ4n) is 0.687. The lowest BCUT2D eigenvalue weighted by Crippen LogP contribution is -1.84. The van der Waals surface area contributed by atoms with Crippen LogP contribution >= 0.6 is 15.6 Å². The van der Waals surface area contributed by atoms with E-state index in [-0.39, 0.29) is 17.2 Å². The molecule has 0 radical (unpaired) electrons. The maximum Gasteiger partial charge on any atom is 0.478 e. The highest BCUT2D eigenvalue weighted by atomic mass is 31.3. The van der Waals surface area contributed by atoms with E-state index in [9.17, 15) is 9.13 Å². The van der Waals surface area contributed by atoms with Crippen molar-refractivity contribution < 1.29 is 43.2 Å². The Labute approximate surface area is 101 Å². The molecule has 0 amide bonds. The van der Waals surface area contributed by atoms with Gasteiger partial charge in [-0.05, 0) is 12.1 Å². The minimum absolute atomic E-state index is 0.185. The van der Waals surface area contributed by atoms with Gasteiger partial charge in [-0.1, -0.05) is 6.07 Å². The predicted octanol–water partition coefficient (Wildman–Crippen LogP) is -0.132. The van der Waals surface area contributed by atoms with E-state index in [0.717, 1.165) is 0 Å². The monoisotopic (exact) mass is 303 g/mol. The van der Waals surface area contributed by atoms with Gasteiger partial charge in [0.05, 0.1) is 5.69 Å². The van der Waals surface area contributed by atoms with Crippen molar-refractivity contribution in [2.24, 2.45) is 0 Å². The molecule has 0 bridgehead atoms. The number of phenols is 2. The van der Waals surface area contributed by atoms with Crippen molar-refractivity contribution in [3.63, 3.8) is 0 Å². The Morgan fingerprint density at radius 1 is 1.00 bits per heavy atom. The first-order chi connectivity index (χ1) is 7.92. The third-order valence-electron chi connectivity index (χ3n) is 1.26. The molecule has 10 nitrogen and oxygen atoms in total. The van der Waals surface area contributed by atoms with Gasteiger partial charge in [0.2, 0.25) is 0 Å². The number of anilines is 1. The number of aromatic hydroxyl groups is 2. The van der Waals surface area contributed by atoms with Crippen LogP contribution in [0, 0.1) is 0 Å². The lowest BCUT2D eigenvalue weighted by Gasteiger charge is -2.03. The Hall–Kier alpha value is -1.12. The van der Waals surface area contributed by atoms with Crippen LogP contribution in [0.3, 0.4) is 0 Å². The Morgan fingerprint density at radius 3 is 1.67 bits per heavy atom. The van der Waals surface area contributed by atoms with Crippen LogP contribution in [-0.4, -0.2) is 29.8 Å². The van der Waals surface area contributed by atoms with Gasteiger partial charge in [-0.25, -0.2) is 9.13 Å². The average Bonchev–Trinajstić information content (AvgIpc) is 2.09. The van der Waals surface area contributed by atoms with Crippen LogP contribution in [-0.2, 0) is 13.4 Å². The van der Waals surface area contributed by atoms with Gasteiger partial charge in [0.25, 0.3) is 0 Å². The largest absolute Gasteiger partial charge is 0.504 e. The maximum atomic E-state index is 9.63. The molecular weight excluding hydrogens is 292 g/mol. The van der Waals surface area contributed by atoms with Crippen LogP contribution in [0.5, 0.6) is 11.5 Å². The van der Waals surface area contributed by atoms with E-state index >= 15 is 0 Å². The highest BCUT2D eigenvalue weighted by Gasteiger charge is 2.27. The minimum atomic E-state index is -5.05. The van der Waals surface area contributed by atoms with E-state index in [1.807, 2.05) is 0 Å². The van der Waals surface area contributed by atoms with Crippen molar-refractivity contribution in [3.05, 3.63) is 18.2 Å². The van der Waals surface area contributed by atoms with E-state index < -0.39 is 15.6 Å². The first-order valence-corrected chi connectivity index (χ1v) is 7.07. The van der Waals surface area contributed by atoms with Gasteiger partial charge in [-0.2, -0.15) is 4.31 Å². The van der Waals surface area contributed by atoms with Crippen molar-refractivity contribution in [2.45, 2.75) is 0 Å². The molecule has 104 valence electrons. The quantitative estimate of drug-likeness (QED) is 0.220. The van der Waals surface area contributed by atoms with Crippen molar-refractivity contribution in [2.75, 3.05) is 5.73 Å². The molecule has 1 rings (SSSR count). The molecule has 0 atom stereocenters. The summed E-state index contributed by atoms with van der Waals surface area (Å²) in [5, 5.41) is 17.6. The Balaban J connectivity index is 0.000000321. The standard InChI is InChI=1S/C6H7NO2.H4O7P2/c7-4-2-1-3-5(8)6(4)9;1-8(2,3)7-9(4,5)6/h1-3,8-9H,7H2;(H2,1,2,3)(H2,4,5,6). The van der Waals surface area contributed by atoms with E-state index in [2.05, 4.69) is 4.31 Å². The number of hydrogen-bond acceptors (Lipinski definition) is 6. The van der Waals surface area contributed by atoms with Crippen LogP contribution in [0.15, 0.2) is 18.2 Å². The maximum absolute atomic E-state index is 9.63. The fraction of sp³-hybridized carbons (Fsp3) is 0. The zero-order valence-corrected chi connectivity index (χ0v) is 10.4. The molecule has 18 heavy (non-hydrogen) atoms. The number of para-hydroxylation sites is 1. The molecule has 0 spiro atoms. The van der Waals surface area contributed by atoms with Crippen molar-refractivity contribution in [1.29, 1.82) is 0 Å². The normalized spacial score (nSPS) is 11.6. The highest BCUT2D eigenvalue weighted by molar-refractivity contribution is 7.60. The average molecular weight is 303 g/mol. The van der Waals surface area contributed by atoms with Gasteiger partial charge in [-0.3, -0.25) is 0 Å². The molecule has 0 unspecified atom stereocenters. The number of nitrogens with two attached hydrogens (primary N) is 1. The number of phenolic OH excluding ortho intramolecular Hbond substituents is 2. The molecule has 0 fully saturated rings. The van der Waals surface area contributed by atoms with Gasteiger partial charge in [0.1, 0.15) is 0 Å². The summed E-state index contributed by atoms with van der Waals surface area (Å²) in [6.45, 7) is 0.